The Bertz CT molecular complexity index is 110. The van der Waals surface area contributed by atoms with Crippen molar-refractivity contribution in [3.05, 3.63) is 0 Å². The topological polar surface area (TPSA) is 50.1 Å². The summed E-state index contributed by atoms with van der Waals surface area (Å²) in [4.78, 5) is 0. The first-order valence-electron chi connectivity index (χ1n) is 4.99. The molecule has 1 heterocycles. The van der Waals surface area contributed by atoms with Crippen LogP contribution in [0.1, 0.15) is 26.2 Å². The molecular formula is C9H21N3. The molecule has 0 radical (unpaired) electrons. The van der Waals surface area contributed by atoms with Gasteiger partial charge in [-0.2, -0.15) is 0 Å². The number of nitrogens with one attached hydrogen (secondary N) is 2. The molecule has 3 nitrogen and oxygen atoms in total. The van der Waals surface area contributed by atoms with Gasteiger partial charge in [-0.3, -0.25) is 0 Å². The van der Waals surface area contributed by atoms with Crippen molar-refractivity contribution in [3.8, 4) is 0 Å². The summed E-state index contributed by atoms with van der Waals surface area (Å²) >= 11 is 0. The van der Waals surface area contributed by atoms with Crippen molar-refractivity contribution in [2.45, 2.75) is 38.3 Å². The van der Waals surface area contributed by atoms with Crippen LogP contribution in [-0.2, 0) is 0 Å². The van der Waals surface area contributed by atoms with Gasteiger partial charge in [0.05, 0.1) is 0 Å². The van der Waals surface area contributed by atoms with Crippen molar-refractivity contribution >= 4 is 0 Å². The standard InChI is InChI=1S/C9H21N3/c1-8(2-5-10)12-9-3-6-11-7-4-9/h8-9,11-12H,2-7,10H2,1H3. The Balaban J connectivity index is 2.11. The van der Waals surface area contributed by atoms with E-state index in [4.69, 9.17) is 5.73 Å². The van der Waals surface area contributed by atoms with E-state index in [0.717, 1.165) is 26.1 Å². The molecule has 1 unspecified atom stereocenters. The first-order valence-corrected chi connectivity index (χ1v) is 4.99. The normalized spacial score (nSPS) is 22.5. The van der Waals surface area contributed by atoms with E-state index >= 15 is 0 Å². The van der Waals surface area contributed by atoms with Gasteiger partial charge in [0, 0.05) is 12.1 Å². The lowest BCUT2D eigenvalue weighted by Crippen LogP contribution is -2.44. The van der Waals surface area contributed by atoms with Gasteiger partial charge in [-0.25, -0.2) is 0 Å². The third kappa shape index (κ3) is 3.52. The van der Waals surface area contributed by atoms with Crippen LogP contribution in [0, 0.1) is 0 Å². The first-order chi connectivity index (χ1) is 5.83. The van der Waals surface area contributed by atoms with Crippen LogP contribution in [0.15, 0.2) is 0 Å². The molecular weight excluding hydrogens is 150 g/mol. The summed E-state index contributed by atoms with van der Waals surface area (Å²) in [6.07, 6.45) is 3.60. The van der Waals surface area contributed by atoms with Gasteiger partial charge in [-0.05, 0) is 45.8 Å². The van der Waals surface area contributed by atoms with E-state index in [9.17, 15) is 0 Å². The van der Waals surface area contributed by atoms with Gasteiger partial charge in [-0.15, -0.1) is 0 Å². The van der Waals surface area contributed by atoms with Gasteiger partial charge in [0.25, 0.3) is 0 Å². The first kappa shape index (κ1) is 9.96. The van der Waals surface area contributed by atoms with Gasteiger partial charge in [-0.1, -0.05) is 0 Å². The Morgan fingerprint density at radius 1 is 1.50 bits per heavy atom. The molecule has 3 heteroatoms. The summed E-state index contributed by atoms with van der Waals surface area (Å²) < 4.78 is 0. The Kier molecular flexibility index (Phi) is 4.58. The summed E-state index contributed by atoms with van der Waals surface area (Å²) in [6, 6.07) is 1.30. The van der Waals surface area contributed by atoms with Crippen LogP contribution >= 0.6 is 0 Å². The predicted octanol–water partition coefficient (Wildman–Crippen LogP) is 0.0653. The molecule has 0 spiro atoms. The molecule has 1 aliphatic rings. The monoisotopic (exact) mass is 171 g/mol. The van der Waals surface area contributed by atoms with Crippen molar-refractivity contribution in [1.29, 1.82) is 0 Å². The Hall–Kier alpha value is -0.120. The van der Waals surface area contributed by atoms with Crippen LogP contribution in [0.25, 0.3) is 0 Å². The van der Waals surface area contributed by atoms with Crippen molar-refractivity contribution in [2.24, 2.45) is 5.73 Å². The van der Waals surface area contributed by atoms with Crippen molar-refractivity contribution in [1.82, 2.24) is 10.6 Å². The molecule has 1 atom stereocenters. The summed E-state index contributed by atoms with van der Waals surface area (Å²) in [5.74, 6) is 0. The van der Waals surface area contributed by atoms with E-state index in [-0.39, 0.29) is 0 Å². The maximum atomic E-state index is 5.48. The van der Waals surface area contributed by atoms with Crippen LogP contribution in [0.3, 0.4) is 0 Å². The highest BCUT2D eigenvalue weighted by Gasteiger charge is 2.13. The molecule has 0 aromatic heterocycles. The zero-order chi connectivity index (χ0) is 8.81. The number of hydrogen-bond acceptors (Lipinski definition) is 3. The second-order valence-electron chi connectivity index (χ2n) is 3.67. The van der Waals surface area contributed by atoms with E-state index in [1.807, 2.05) is 0 Å². The molecule has 72 valence electrons. The predicted molar refractivity (Wildman–Crippen MR) is 52.2 cm³/mol. The van der Waals surface area contributed by atoms with Gasteiger partial charge >= 0.3 is 0 Å². The van der Waals surface area contributed by atoms with E-state index in [2.05, 4.69) is 17.6 Å². The van der Waals surface area contributed by atoms with E-state index in [0.29, 0.717) is 12.1 Å². The Labute approximate surface area is 75.1 Å². The van der Waals surface area contributed by atoms with E-state index in [1.165, 1.54) is 12.8 Å². The highest BCUT2D eigenvalue weighted by Crippen LogP contribution is 2.03. The van der Waals surface area contributed by atoms with E-state index < -0.39 is 0 Å². The summed E-state index contributed by atoms with van der Waals surface area (Å²) in [5, 5.41) is 6.95. The average Bonchev–Trinajstić information content (AvgIpc) is 2.06. The van der Waals surface area contributed by atoms with Crippen LogP contribution in [0.4, 0.5) is 0 Å². The molecule has 0 aliphatic carbocycles. The van der Waals surface area contributed by atoms with Crippen molar-refractivity contribution < 1.29 is 0 Å². The maximum Gasteiger partial charge on any atom is 0.00937 e. The van der Waals surface area contributed by atoms with Crippen LogP contribution < -0.4 is 16.4 Å². The fraction of sp³-hybridized carbons (Fsp3) is 1.00. The van der Waals surface area contributed by atoms with Crippen LogP contribution in [-0.4, -0.2) is 31.7 Å². The number of hydrogen-bond donors (Lipinski definition) is 3. The van der Waals surface area contributed by atoms with Crippen molar-refractivity contribution in [2.75, 3.05) is 19.6 Å². The van der Waals surface area contributed by atoms with Gasteiger partial charge in [0.2, 0.25) is 0 Å². The molecule has 1 saturated heterocycles. The van der Waals surface area contributed by atoms with Gasteiger partial charge < -0.3 is 16.4 Å². The molecule has 1 fully saturated rings. The minimum atomic E-state index is 0.582. The molecule has 4 N–H and O–H groups in total. The van der Waals surface area contributed by atoms with Gasteiger partial charge in [0.15, 0.2) is 0 Å². The fourth-order valence-corrected chi connectivity index (χ4v) is 1.72. The maximum absolute atomic E-state index is 5.48. The lowest BCUT2D eigenvalue weighted by Gasteiger charge is -2.27. The smallest absolute Gasteiger partial charge is 0.00937 e. The van der Waals surface area contributed by atoms with E-state index in [1.54, 1.807) is 0 Å². The highest BCUT2D eigenvalue weighted by molar-refractivity contribution is 4.77. The summed E-state index contributed by atoms with van der Waals surface area (Å²) in [5.41, 5.74) is 5.48. The van der Waals surface area contributed by atoms with Gasteiger partial charge in [0.1, 0.15) is 0 Å². The molecule has 1 rings (SSSR count). The number of nitrogens with two attached hydrogens (primary N) is 1. The fourth-order valence-electron chi connectivity index (χ4n) is 1.72. The molecule has 0 bridgehead atoms. The SMILES string of the molecule is CC(CCN)NC1CCNCC1. The molecule has 12 heavy (non-hydrogen) atoms. The number of piperidine rings is 1. The average molecular weight is 171 g/mol. The lowest BCUT2D eigenvalue weighted by molar-refractivity contribution is 0.349. The van der Waals surface area contributed by atoms with Crippen LogP contribution in [0.2, 0.25) is 0 Å². The second kappa shape index (κ2) is 5.51. The zero-order valence-electron chi connectivity index (χ0n) is 7.97. The molecule has 0 aromatic rings. The largest absolute Gasteiger partial charge is 0.330 e. The molecule has 0 amide bonds. The highest BCUT2D eigenvalue weighted by atomic mass is 15.0. The second-order valence-corrected chi connectivity index (χ2v) is 3.67. The molecule has 0 aromatic carbocycles. The molecule has 1 aliphatic heterocycles. The third-order valence-electron chi connectivity index (χ3n) is 2.46. The third-order valence-corrected chi connectivity index (χ3v) is 2.46. The minimum Gasteiger partial charge on any atom is -0.330 e. The summed E-state index contributed by atoms with van der Waals surface area (Å²) in [7, 11) is 0. The quantitative estimate of drug-likeness (QED) is 0.561. The van der Waals surface area contributed by atoms with Crippen LogP contribution in [0.5, 0.6) is 0 Å². The minimum absolute atomic E-state index is 0.582. The zero-order valence-corrected chi connectivity index (χ0v) is 7.97. The Morgan fingerprint density at radius 3 is 2.75 bits per heavy atom. The molecule has 0 saturated carbocycles. The lowest BCUT2D eigenvalue weighted by atomic mass is 10.1. The number of rotatable bonds is 4. The Morgan fingerprint density at radius 2 is 2.17 bits per heavy atom. The summed E-state index contributed by atoms with van der Waals surface area (Å²) in [6.45, 7) is 5.33. The van der Waals surface area contributed by atoms with Crippen molar-refractivity contribution in [3.63, 3.8) is 0 Å².